The predicted octanol–water partition coefficient (Wildman–Crippen LogP) is 1.72. The number of carbonyl (C=O) groups is 1. The maximum atomic E-state index is 13.2. The molecule has 1 fully saturated rings. The summed E-state index contributed by atoms with van der Waals surface area (Å²) >= 11 is 0. The predicted molar refractivity (Wildman–Crippen MR) is 79.3 cm³/mol. The van der Waals surface area contributed by atoms with Gasteiger partial charge in [0.15, 0.2) is 0 Å². The first kappa shape index (κ1) is 15.9. The number of ether oxygens (including phenoxy) is 1. The van der Waals surface area contributed by atoms with E-state index in [9.17, 15) is 9.18 Å². The molecule has 0 unspecified atom stereocenters. The van der Waals surface area contributed by atoms with Crippen LogP contribution in [-0.4, -0.2) is 42.1 Å². The molecule has 5 heteroatoms. The summed E-state index contributed by atoms with van der Waals surface area (Å²) in [5.41, 5.74) is 6.34. The van der Waals surface area contributed by atoms with E-state index < -0.39 is 12.0 Å². The van der Waals surface area contributed by atoms with Crippen LogP contribution < -0.4 is 5.73 Å². The minimum Gasteiger partial charge on any atom is -0.367 e. The van der Waals surface area contributed by atoms with E-state index in [1.54, 1.807) is 12.1 Å². The van der Waals surface area contributed by atoms with Crippen molar-refractivity contribution in [3.63, 3.8) is 0 Å². The van der Waals surface area contributed by atoms with Crippen LogP contribution >= 0.6 is 0 Å². The van der Waals surface area contributed by atoms with Crippen molar-refractivity contribution in [2.45, 2.75) is 44.9 Å². The van der Waals surface area contributed by atoms with Gasteiger partial charge in [0.1, 0.15) is 11.9 Å². The van der Waals surface area contributed by atoms with Gasteiger partial charge in [-0.15, -0.1) is 0 Å². The van der Waals surface area contributed by atoms with E-state index in [-0.39, 0.29) is 11.9 Å². The van der Waals surface area contributed by atoms with Gasteiger partial charge in [-0.2, -0.15) is 0 Å². The molecule has 0 spiro atoms. The monoisotopic (exact) mass is 294 g/mol. The molecule has 1 heterocycles. The summed E-state index contributed by atoms with van der Waals surface area (Å²) in [6, 6.07) is 6.98. The highest BCUT2D eigenvalue weighted by molar-refractivity contribution is 5.79. The van der Waals surface area contributed by atoms with Gasteiger partial charge in [0.05, 0.1) is 6.10 Å². The molecule has 1 aliphatic rings. The summed E-state index contributed by atoms with van der Waals surface area (Å²) < 4.78 is 18.7. The fourth-order valence-electron chi connectivity index (χ4n) is 2.75. The first-order valence-corrected chi connectivity index (χ1v) is 7.39. The topological polar surface area (TPSA) is 55.6 Å². The molecule has 0 radical (unpaired) electrons. The zero-order valence-corrected chi connectivity index (χ0v) is 12.6. The Morgan fingerprint density at radius 2 is 2.29 bits per heavy atom. The number of hydrogen-bond donors (Lipinski definition) is 1. The first-order chi connectivity index (χ1) is 9.95. The standard InChI is InChI=1S/C16H23FN2O2/c1-11(6-7-13-4-3-5-14(17)8-13)19-9-12(2)21-15(10-19)16(18)20/h3-5,8,11-12,15H,6-7,9-10H2,1-2H3,(H2,18,20)/t11-,12-,15-/m1/s1. The quantitative estimate of drug-likeness (QED) is 0.899. The number of morpholine rings is 1. The van der Waals surface area contributed by atoms with Crippen molar-refractivity contribution in [1.29, 1.82) is 0 Å². The normalized spacial score (nSPS) is 24.7. The molecule has 2 N–H and O–H groups in total. The van der Waals surface area contributed by atoms with Crippen LogP contribution in [0.3, 0.4) is 0 Å². The molecule has 0 saturated carbocycles. The number of rotatable bonds is 5. The number of aryl methyl sites for hydroxylation is 1. The Bertz CT molecular complexity index is 495. The molecule has 21 heavy (non-hydrogen) atoms. The van der Waals surface area contributed by atoms with Crippen LogP contribution in [-0.2, 0) is 16.0 Å². The number of nitrogens with zero attached hydrogens (tertiary/aromatic N) is 1. The first-order valence-electron chi connectivity index (χ1n) is 7.39. The number of amides is 1. The highest BCUT2D eigenvalue weighted by Crippen LogP contribution is 2.17. The molecular formula is C16H23FN2O2. The van der Waals surface area contributed by atoms with Crippen molar-refractivity contribution >= 4 is 5.91 Å². The molecule has 1 aromatic carbocycles. The fourth-order valence-corrected chi connectivity index (χ4v) is 2.75. The molecule has 116 valence electrons. The zero-order chi connectivity index (χ0) is 15.4. The summed E-state index contributed by atoms with van der Waals surface area (Å²) in [4.78, 5) is 13.5. The number of primary amides is 1. The smallest absolute Gasteiger partial charge is 0.247 e. The van der Waals surface area contributed by atoms with Gasteiger partial charge in [-0.05, 0) is 44.4 Å². The Morgan fingerprint density at radius 3 is 2.95 bits per heavy atom. The molecule has 4 nitrogen and oxygen atoms in total. The second-order valence-electron chi connectivity index (χ2n) is 5.81. The third kappa shape index (κ3) is 4.51. The average Bonchev–Trinajstić information content (AvgIpc) is 2.44. The van der Waals surface area contributed by atoms with Crippen LogP contribution in [0.25, 0.3) is 0 Å². The Kier molecular flexibility index (Phi) is 5.31. The lowest BCUT2D eigenvalue weighted by Crippen LogP contribution is -2.54. The average molecular weight is 294 g/mol. The largest absolute Gasteiger partial charge is 0.367 e. The van der Waals surface area contributed by atoms with Crippen molar-refractivity contribution in [3.05, 3.63) is 35.6 Å². The maximum Gasteiger partial charge on any atom is 0.247 e. The molecule has 3 atom stereocenters. The molecular weight excluding hydrogens is 271 g/mol. The van der Waals surface area contributed by atoms with Gasteiger partial charge in [-0.25, -0.2) is 4.39 Å². The van der Waals surface area contributed by atoms with Crippen molar-refractivity contribution in [3.8, 4) is 0 Å². The van der Waals surface area contributed by atoms with Gasteiger partial charge in [0.25, 0.3) is 0 Å². The second kappa shape index (κ2) is 7.00. The number of hydrogen-bond acceptors (Lipinski definition) is 3. The molecule has 0 aliphatic carbocycles. The van der Waals surface area contributed by atoms with Crippen LogP contribution in [0.1, 0.15) is 25.8 Å². The van der Waals surface area contributed by atoms with Gasteiger partial charge in [-0.3, -0.25) is 9.69 Å². The van der Waals surface area contributed by atoms with E-state index in [0.29, 0.717) is 12.6 Å². The minimum absolute atomic E-state index is 0.00660. The van der Waals surface area contributed by atoms with Gasteiger partial charge in [0, 0.05) is 19.1 Å². The lowest BCUT2D eigenvalue weighted by molar-refractivity contribution is -0.144. The van der Waals surface area contributed by atoms with Gasteiger partial charge >= 0.3 is 0 Å². The summed E-state index contributed by atoms with van der Waals surface area (Å²) in [6.45, 7) is 5.38. The van der Waals surface area contributed by atoms with E-state index in [1.165, 1.54) is 6.07 Å². The molecule has 1 amide bonds. The second-order valence-corrected chi connectivity index (χ2v) is 5.81. The number of halogens is 1. The highest BCUT2D eigenvalue weighted by Gasteiger charge is 2.30. The van der Waals surface area contributed by atoms with Gasteiger partial charge in [0.2, 0.25) is 5.91 Å². The Hall–Kier alpha value is -1.46. The van der Waals surface area contributed by atoms with E-state index in [4.69, 9.17) is 10.5 Å². The number of carbonyl (C=O) groups excluding carboxylic acids is 1. The molecule has 1 aromatic rings. The van der Waals surface area contributed by atoms with E-state index in [1.807, 2.05) is 13.0 Å². The zero-order valence-electron chi connectivity index (χ0n) is 12.6. The van der Waals surface area contributed by atoms with Gasteiger partial charge in [-0.1, -0.05) is 12.1 Å². The summed E-state index contributed by atoms with van der Waals surface area (Å²) in [5, 5.41) is 0. The SMILES string of the molecule is C[C@@H]1CN([C@H](C)CCc2cccc(F)c2)C[C@H](C(N)=O)O1. The molecule has 1 aliphatic heterocycles. The van der Waals surface area contributed by atoms with Crippen LogP contribution in [0.2, 0.25) is 0 Å². The lowest BCUT2D eigenvalue weighted by atomic mass is 10.0. The lowest BCUT2D eigenvalue weighted by Gasteiger charge is -2.39. The van der Waals surface area contributed by atoms with E-state index in [0.717, 1.165) is 24.9 Å². The minimum atomic E-state index is -0.537. The Morgan fingerprint density at radius 1 is 1.52 bits per heavy atom. The number of nitrogens with two attached hydrogens (primary N) is 1. The third-order valence-corrected chi connectivity index (χ3v) is 3.97. The molecule has 0 bridgehead atoms. The fraction of sp³-hybridized carbons (Fsp3) is 0.562. The molecule has 0 aromatic heterocycles. The van der Waals surface area contributed by atoms with Crippen LogP contribution in [0.4, 0.5) is 4.39 Å². The van der Waals surface area contributed by atoms with Crippen molar-refractivity contribution in [2.24, 2.45) is 5.73 Å². The van der Waals surface area contributed by atoms with Crippen molar-refractivity contribution < 1.29 is 13.9 Å². The van der Waals surface area contributed by atoms with E-state index >= 15 is 0 Å². The highest BCUT2D eigenvalue weighted by atomic mass is 19.1. The van der Waals surface area contributed by atoms with Crippen molar-refractivity contribution in [2.75, 3.05) is 13.1 Å². The maximum absolute atomic E-state index is 13.2. The summed E-state index contributed by atoms with van der Waals surface area (Å²) in [7, 11) is 0. The third-order valence-electron chi connectivity index (χ3n) is 3.97. The molecule has 1 saturated heterocycles. The van der Waals surface area contributed by atoms with Crippen LogP contribution in [0.5, 0.6) is 0 Å². The van der Waals surface area contributed by atoms with Gasteiger partial charge < -0.3 is 10.5 Å². The van der Waals surface area contributed by atoms with E-state index in [2.05, 4.69) is 11.8 Å². The summed E-state index contributed by atoms with van der Waals surface area (Å²) in [5.74, 6) is -0.613. The van der Waals surface area contributed by atoms with Crippen molar-refractivity contribution in [1.82, 2.24) is 4.90 Å². The van der Waals surface area contributed by atoms with Crippen LogP contribution in [0, 0.1) is 5.82 Å². The Balaban J connectivity index is 1.90. The summed E-state index contributed by atoms with van der Waals surface area (Å²) in [6.07, 6.45) is 1.17. The number of benzene rings is 1. The molecule has 2 rings (SSSR count). The van der Waals surface area contributed by atoms with Crippen LogP contribution in [0.15, 0.2) is 24.3 Å². The Labute approximate surface area is 125 Å².